The van der Waals surface area contributed by atoms with Gasteiger partial charge in [0, 0.05) is 13.0 Å². The van der Waals surface area contributed by atoms with Crippen molar-refractivity contribution in [1.82, 2.24) is 15.0 Å². The van der Waals surface area contributed by atoms with Crippen LogP contribution in [0.3, 0.4) is 0 Å². The van der Waals surface area contributed by atoms with Crippen LogP contribution >= 0.6 is 11.6 Å². The van der Waals surface area contributed by atoms with Gasteiger partial charge in [0.15, 0.2) is 0 Å². The molecule has 2 unspecified atom stereocenters. The quantitative estimate of drug-likeness (QED) is 0.463. The van der Waals surface area contributed by atoms with E-state index < -0.39 is 0 Å². The molecule has 1 heterocycles. The molecule has 0 spiro atoms. The molecular weight excluding hydrogens is 390 g/mol. The SMILES string of the molecule is COC(=O)CC(c1ccc2c(c1)C(Cl)CC2)c1cc(OC)c2c(nnn2C)c1C. The first kappa shape index (κ1) is 19.7. The van der Waals surface area contributed by atoms with Crippen LogP contribution in [0, 0.1) is 6.92 Å². The third-order valence-electron chi connectivity index (χ3n) is 5.91. The van der Waals surface area contributed by atoms with Crippen LogP contribution in [0.1, 0.15) is 52.0 Å². The summed E-state index contributed by atoms with van der Waals surface area (Å²) in [5, 5.41) is 8.49. The van der Waals surface area contributed by atoms with Crippen LogP contribution in [-0.4, -0.2) is 35.2 Å². The van der Waals surface area contributed by atoms with E-state index >= 15 is 0 Å². The van der Waals surface area contributed by atoms with Gasteiger partial charge in [-0.15, -0.1) is 16.7 Å². The van der Waals surface area contributed by atoms with Crippen LogP contribution < -0.4 is 4.74 Å². The second kappa shape index (κ2) is 7.67. The number of fused-ring (bicyclic) bond motifs is 2. The van der Waals surface area contributed by atoms with Crippen LogP contribution in [0.5, 0.6) is 5.75 Å². The van der Waals surface area contributed by atoms with Gasteiger partial charge in [-0.1, -0.05) is 23.4 Å². The van der Waals surface area contributed by atoms with Crippen molar-refractivity contribution in [3.8, 4) is 5.75 Å². The second-order valence-electron chi connectivity index (χ2n) is 7.50. The zero-order valence-corrected chi connectivity index (χ0v) is 17.8. The van der Waals surface area contributed by atoms with Crippen LogP contribution in [0.4, 0.5) is 0 Å². The number of nitrogens with zero attached hydrogens (tertiary/aromatic N) is 3. The number of hydrogen-bond donors (Lipinski definition) is 0. The van der Waals surface area contributed by atoms with Crippen LogP contribution in [-0.2, 0) is 23.0 Å². The molecule has 29 heavy (non-hydrogen) atoms. The Morgan fingerprint density at radius 2 is 2.14 bits per heavy atom. The molecule has 1 aliphatic carbocycles. The van der Waals surface area contributed by atoms with Crippen molar-refractivity contribution in [3.05, 3.63) is 52.1 Å². The van der Waals surface area contributed by atoms with E-state index in [1.807, 2.05) is 20.0 Å². The number of esters is 1. The standard InChI is InChI=1S/C22H24ClN3O3/c1-12-15(10-19(28-3)22-21(12)24-25-26(22)2)16(11-20(27)29-4)14-6-5-13-7-8-18(23)17(13)9-14/h5-6,9-10,16,18H,7-8,11H2,1-4H3. The third kappa shape index (κ3) is 3.35. The van der Waals surface area contributed by atoms with Gasteiger partial charge in [0.2, 0.25) is 0 Å². The number of benzene rings is 2. The molecule has 0 fully saturated rings. The summed E-state index contributed by atoms with van der Waals surface area (Å²) in [6.07, 6.45) is 2.16. The monoisotopic (exact) mass is 413 g/mol. The summed E-state index contributed by atoms with van der Waals surface area (Å²) in [7, 11) is 4.88. The molecule has 2 aromatic carbocycles. The van der Waals surface area contributed by atoms with Crippen LogP contribution in [0.25, 0.3) is 11.0 Å². The number of aryl methyl sites for hydroxylation is 3. The molecule has 0 saturated heterocycles. The van der Waals surface area contributed by atoms with Crippen molar-refractivity contribution >= 4 is 28.6 Å². The summed E-state index contributed by atoms with van der Waals surface area (Å²) in [6.45, 7) is 2.01. The zero-order chi connectivity index (χ0) is 20.7. The average Bonchev–Trinajstić information content (AvgIpc) is 3.30. The summed E-state index contributed by atoms with van der Waals surface area (Å²) in [4.78, 5) is 12.3. The third-order valence-corrected chi connectivity index (χ3v) is 6.36. The van der Waals surface area contributed by atoms with Gasteiger partial charge in [-0.05, 0) is 53.6 Å². The maximum Gasteiger partial charge on any atom is 0.306 e. The maximum absolute atomic E-state index is 12.3. The van der Waals surface area contributed by atoms with Crippen molar-refractivity contribution in [2.75, 3.05) is 14.2 Å². The van der Waals surface area contributed by atoms with Crippen LogP contribution in [0.2, 0.25) is 0 Å². The first-order chi connectivity index (χ1) is 13.9. The first-order valence-electron chi connectivity index (χ1n) is 9.65. The predicted octanol–water partition coefficient (Wildman–Crippen LogP) is 4.21. The molecule has 4 rings (SSSR count). The number of hydrogen-bond acceptors (Lipinski definition) is 5. The molecule has 0 bridgehead atoms. The fraction of sp³-hybridized carbons (Fsp3) is 0.409. The van der Waals surface area contributed by atoms with E-state index in [4.69, 9.17) is 21.1 Å². The Kier molecular flexibility index (Phi) is 5.21. The van der Waals surface area contributed by atoms with Gasteiger partial charge < -0.3 is 9.47 Å². The van der Waals surface area contributed by atoms with E-state index in [1.54, 1.807) is 11.8 Å². The first-order valence-corrected chi connectivity index (χ1v) is 10.1. The van der Waals surface area contributed by atoms with Gasteiger partial charge in [0.05, 0.1) is 26.0 Å². The number of ether oxygens (including phenoxy) is 2. The molecule has 0 saturated carbocycles. The van der Waals surface area contributed by atoms with Crippen molar-refractivity contribution in [2.45, 2.75) is 37.5 Å². The van der Waals surface area contributed by atoms with E-state index in [1.165, 1.54) is 12.7 Å². The van der Waals surface area contributed by atoms with Gasteiger partial charge in [0.25, 0.3) is 0 Å². The topological polar surface area (TPSA) is 66.2 Å². The molecule has 1 aliphatic rings. The Morgan fingerprint density at radius 3 is 2.86 bits per heavy atom. The summed E-state index contributed by atoms with van der Waals surface area (Å²) in [5.41, 5.74) is 7.03. The molecule has 0 N–H and O–H groups in total. The number of carbonyl (C=O) groups is 1. The van der Waals surface area contributed by atoms with Gasteiger partial charge in [0.1, 0.15) is 16.8 Å². The summed E-state index contributed by atoms with van der Waals surface area (Å²) >= 11 is 6.53. The highest BCUT2D eigenvalue weighted by molar-refractivity contribution is 6.21. The number of methoxy groups -OCH3 is 2. The number of carbonyl (C=O) groups excluding carboxylic acids is 1. The fourth-order valence-corrected chi connectivity index (χ4v) is 4.61. The Balaban J connectivity index is 1.90. The van der Waals surface area contributed by atoms with E-state index in [-0.39, 0.29) is 23.7 Å². The molecule has 0 radical (unpaired) electrons. The second-order valence-corrected chi connectivity index (χ2v) is 8.03. The lowest BCUT2D eigenvalue weighted by molar-refractivity contribution is -0.140. The van der Waals surface area contributed by atoms with Gasteiger partial charge in [-0.25, -0.2) is 4.68 Å². The van der Waals surface area contributed by atoms with Crippen LogP contribution in [0.15, 0.2) is 24.3 Å². The zero-order valence-electron chi connectivity index (χ0n) is 17.0. The molecular formula is C22H24ClN3O3. The Morgan fingerprint density at radius 1 is 1.34 bits per heavy atom. The largest absolute Gasteiger partial charge is 0.494 e. The highest BCUT2D eigenvalue weighted by Crippen LogP contribution is 2.41. The summed E-state index contributed by atoms with van der Waals surface area (Å²) in [6, 6.07) is 8.35. The summed E-state index contributed by atoms with van der Waals surface area (Å²) < 4.78 is 12.3. The molecule has 152 valence electrons. The molecule has 0 amide bonds. The Labute approximate surface area is 174 Å². The summed E-state index contributed by atoms with van der Waals surface area (Å²) in [5.74, 6) is 0.215. The maximum atomic E-state index is 12.3. The number of rotatable bonds is 5. The predicted molar refractivity (Wildman–Crippen MR) is 112 cm³/mol. The molecule has 3 aromatic rings. The minimum atomic E-state index is -0.268. The fourth-order valence-electron chi connectivity index (χ4n) is 4.30. The minimum Gasteiger partial charge on any atom is -0.494 e. The molecule has 2 atom stereocenters. The number of halogens is 1. The lowest BCUT2D eigenvalue weighted by Crippen LogP contribution is -2.12. The smallest absolute Gasteiger partial charge is 0.306 e. The minimum absolute atomic E-state index is 0.0156. The highest BCUT2D eigenvalue weighted by atomic mass is 35.5. The molecule has 7 heteroatoms. The highest BCUT2D eigenvalue weighted by Gasteiger charge is 2.27. The van der Waals surface area contributed by atoms with E-state index in [0.29, 0.717) is 5.75 Å². The number of aromatic nitrogens is 3. The lowest BCUT2D eigenvalue weighted by atomic mass is 9.84. The van der Waals surface area contributed by atoms with E-state index in [9.17, 15) is 4.79 Å². The van der Waals surface area contributed by atoms with Gasteiger partial charge >= 0.3 is 5.97 Å². The Hall–Kier alpha value is -2.60. The lowest BCUT2D eigenvalue weighted by Gasteiger charge is -2.21. The van der Waals surface area contributed by atoms with Crippen molar-refractivity contribution in [1.29, 1.82) is 0 Å². The van der Waals surface area contributed by atoms with Crippen molar-refractivity contribution in [3.63, 3.8) is 0 Å². The van der Waals surface area contributed by atoms with Crippen molar-refractivity contribution < 1.29 is 14.3 Å². The number of alkyl halides is 1. The van der Waals surface area contributed by atoms with E-state index in [2.05, 4.69) is 28.5 Å². The Bertz CT molecular complexity index is 1090. The van der Waals surface area contributed by atoms with Gasteiger partial charge in [-0.2, -0.15) is 0 Å². The normalized spacial score (nSPS) is 16.7. The molecule has 0 aliphatic heterocycles. The molecule has 6 nitrogen and oxygen atoms in total. The molecule has 1 aromatic heterocycles. The average molecular weight is 414 g/mol. The van der Waals surface area contributed by atoms with E-state index in [0.717, 1.165) is 46.1 Å². The van der Waals surface area contributed by atoms with Gasteiger partial charge in [-0.3, -0.25) is 4.79 Å². The van der Waals surface area contributed by atoms with Crippen molar-refractivity contribution in [2.24, 2.45) is 7.05 Å².